The summed E-state index contributed by atoms with van der Waals surface area (Å²) in [6.07, 6.45) is -12.6. The van der Waals surface area contributed by atoms with Crippen molar-refractivity contribution >= 4 is 31.3 Å². The molecule has 4 heterocycles. The Morgan fingerprint density at radius 2 is 0.918 bits per heavy atom. The van der Waals surface area contributed by atoms with E-state index < -0.39 is 116 Å². The third-order valence-electron chi connectivity index (χ3n) is 6.35. The number of aliphatic hydroxyl groups is 4. The molecule has 0 bridgehead atoms. The van der Waals surface area contributed by atoms with Crippen LogP contribution in [0.2, 0.25) is 0 Å². The zero-order valence-electron chi connectivity index (χ0n) is 23.7. The Bertz CT molecular complexity index is 1820. The zero-order valence-corrected chi connectivity index (χ0v) is 27.3. The molecule has 4 rings (SSSR count). The molecule has 2 aromatic heterocycles. The predicted molar refractivity (Wildman–Crippen MR) is 149 cm³/mol. The second kappa shape index (κ2) is 14.7. The average molecular weight is 790 g/mol. The van der Waals surface area contributed by atoms with Gasteiger partial charge in [-0.3, -0.25) is 37.7 Å². The topological polar surface area (TPSA) is 404 Å². The van der Waals surface area contributed by atoms with Crippen LogP contribution in [0.15, 0.2) is 43.7 Å². The van der Waals surface area contributed by atoms with E-state index in [2.05, 4.69) is 22.0 Å². The van der Waals surface area contributed by atoms with E-state index in [1.807, 2.05) is 9.97 Å². The van der Waals surface area contributed by atoms with Crippen LogP contribution in [-0.4, -0.2) is 109 Å². The van der Waals surface area contributed by atoms with Crippen molar-refractivity contribution in [2.75, 3.05) is 13.2 Å². The Hall–Kier alpha value is -2.32. The Morgan fingerprint density at radius 1 is 0.592 bits per heavy atom. The van der Waals surface area contributed by atoms with E-state index >= 15 is 0 Å². The number of aliphatic hydroxyl groups excluding tert-OH is 4. The first-order valence-electron chi connectivity index (χ1n) is 12.9. The van der Waals surface area contributed by atoms with Crippen molar-refractivity contribution in [3.05, 3.63) is 66.2 Å². The largest absolute Gasteiger partial charge is 0.490 e. The second-order valence-corrected chi connectivity index (χ2v) is 16.1. The lowest BCUT2D eigenvalue weighted by Crippen LogP contribution is -2.37. The van der Waals surface area contributed by atoms with Crippen molar-refractivity contribution in [3.8, 4) is 0 Å². The molecule has 276 valence electrons. The molecular weight excluding hydrogens is 764 g/mol. The highest BCUT2D eigenvalue weighted by Crippen LogP contribution is 2.71. The molecule has 27 nitrogen and oxygen atoms in total. The van der Waals surface area contributed by atoms with E-state index in [1.165, 1.54) is 0 Å². The van der Waals surface area contributed by atoms with Gasteiger partial charge in [-0.25, -0.2) is 27.8 Å². The number of rotatable bonds is 14. The summed E-state index contributed by atoms with van der Waals surface area (Å²) in [5, 5.41) is 40.7. The summed E-state index contributed by atoms with van der Waals surface area (Å²) in [5.74, 6) is 0. The lowest BCUT2D eigenvalue weighted by Gasteiger charge is -2.21. The Balaban J connectivity index is 1.31. The predicted octanol–water partition coefficient (Wildman–Crippen LogP) is -4.19. The zero-order chi connectivity index (χ0) is 36.7. The fourth-order valence-electron chi connectivity index (χ4n) is 4.25. The van der Waals surface area contributed by atoms with Gasteiger partial charge in [0.15, 0.2) is 12.5 Å². The normalized spacial score (nSPS) is 32.2. The smallest absolute Gasteiger partial charge is 0.387 e. The number of aromatic nitrogens is 4. The highest BCUT2D eigenvalue weighted by Gasteiger charge is 2.49. The van der Waals surface area contributed by atoms with Crippen molar-refractivity contribution < 1.29 is 89.7 Å². The van der Waals surface area contributed by atoms with Crippen molar-refractivity contribution in [1.29, 1.82) is 0 Å². The minimum absolute atomic E-state index is 0.642. The maximum absolute atomic E-state index is 12.2. The van der Waals surface area contributed by atoms with Gasteiger partial charge in [-0.05, 0) is 0 Å². The van der Waals surface area contributed by atoms with E-state index in [-0.39, 0.29) is 0 Å². The summed E-state index contributed by atoms with van der Waals surface area (Å²) in [6, 6.07) is 1.73. The number of aromatic amines is 2. The molecule has 2 saturated heterocycles. The molecule has 0 saturated carbocycles. The van der Waals surface area contributed by atoms with Crippen LogP contribution in [0.5, 0.6) is 0 Å². The minimum atomic E-state index is -6.24. The molecule has 2 aromatic rings. The monoisotopic (exact) mass is 790 g/mol. The van der Waals surface area contributed by atoms with Crippen LogP contribution >= 0.6 is 31.3 Å². The minimum Gasteiger partial charge on any atom is -0.387 e. The van der Waals surface area contributed by atoms with Crippen LogP contribution in [0.3, 0.4) is 0 Å². The van der Waals surface area contributed by atoms with E-state index in [1.54, 1.807) is 0 Å². The molecule has 0 amide bonds. The highest BCUT2D eigenvalue weighted by molar-refractivity contribution is 7.69. The van der Waals surface area contributed by atoms with Gasteiger partial charge in [0.05, 0.1) is 13.2 Å². The van der Waals surface area contributed by atoms with Gasteiger partial charge >= 0.3 is 42.7 Å². The fraction of sp³-hybridized carbons (Fsp3) is 0.556. The summed E-state index contributed by atoms with van der Waals surface area (Å²) in [5.41, 5.74) is -3.78. The standard InChI is InChI=1S/C18H26N4O23P4/c23-9-1-3-21(17(29)19-9)15-13(27)11(25)7(41-15)5-39-46(31,32)43-48(35,36)45-49(37,38)44-47(33,34)40-6-8-12(26)14(28)16(42-8)22-4-2-10(24)20-18(22)30/h1-4,7-8,11-16,25-28H,5-6H2,(H,31,32)(H,33,34)(H,35,36)(H,37,38)(H,19,23,29)(H,20,24,30)/t7-,8-,11?,12?,13?,14?,15-,16-/m1/s1. The van der Waals surface area contributed by atoms with E-state index in [0.29, 0.717) is 9.13 Å². The Labute approximate surface area is 268 Å². The second-order valence-electron chi connectivity index (χ2n) is 9.84. The quantitative estimate of drug-likeness (QED) is 0.0811. The maximum atomic E-state index is 12.2. The highest BCUT2D eigenvalue weighted by atomic mass is 31.3. The molecule has 31 heteroatoms. The van der Waals surface area contributed by atoms with Crippen LogP contribution in [-0.2, 0) is 49.7 Å². The van der Waals surface area contributed by atoms with E-state index in [9.17, 15) is 77.4 Å². The van der Waals surface area contributed by atoms with Crippen LogP contribution < -0.4 is 22.5 Å². The van der Waals surface area contributed by atoms with Crippen LogP contribution in [0.4, 0.5) is 0 Å². The van der Waals surface area contributed by atoms with Gasteiger partial charge in [0.1, 0.15) is 36.6 Å². The molecular formula is C18H26N4O23P4. The fourth-order valence-corrected chi connectivity index (χ4v) is 9.20. The molecule has 2 aliphatic rings. The molecule has 0 aliphatic carbocycles. The van der Waals surface area contributed by atoms with Gasteiger partial charge in [-0.15, -0.1) is 0 Å². The Morgan fingerprint density at radius 3 is 1.24 bits per heavy atom. The summed E-state index contributed by atoms with van der Waals surface area (Å²) >= 11 is 0. The van der Waals surface area contributed by atoms with Crippen molar-refractivity contribution in [2.24, 2.45) is 0 Å². The van der Waals surface area contributed by atoms with Crippen LogP contribution in [0.1, 0.15) is 12.5 Å². The first-order chi connectivity index (χ1) is 22.5. The van der Waals surface area contributed by atoms with Gasteiger partial charge in [-0.1, -0.05) is 0 Å². The Kier molecular flexibility index (Phi) is 11.9. The number of hydrogen-bond donors (Lipinski definition) is 10. The molecule has 8 unspecified atom stereocenters. The van der Waals surface area contributed by atoms with Gasteiger partial charge in [0.25, 0.3) is 11.1 Å². The lowest BCUT2D eigenvalue weighted by molar-refractivity contribution is -0.0544. The number of nitrogens with zero attached hydrogens (tertiary/aromatic N) is 2. The molecule has 12 atom stereocenters. The summed E-state index contributed by atoms with van der Waals surface area (Å²) in [4.78, 5) is 89.1. The molecule has 0 aromatic carbocycles. The maximum Gasteiger partial charge on any atom is 0.490 e. The number of phosphoric acid groups is 4. The van der Waals surface area contributed by atoms with Crippen molar-refractivity contribution in [2.45, 2.75) is 49.1 Å². The first kappa shape index (κ1) is 39.5. The molecule has 0 radical (unpaired) electrons. The number of hydrogen-bond acceptors (Lipinski definition) is 19. The van der Waals surface area contributed by atoms with Crippen molar-refractivity contribution in [3.63, 3.8) is 0 Å². The van der Waals surface area contributed by atoms with Crippen LogP contribution in [0.25, 0.3) is 0 Å². The molecule has 0 spiro atoms. The summed E-state index contributed by atoms with van der Waals surface area (Å²) < 4.78 is 80.5. The molecule has 49 heavy (non-hydrogen) atoms. The SMILES string of the molecule is O=c1ccn([C@@H]2O[C@H](COP(=O)(O)OP(=O)(O)OP(=O)(O)OP(=O)(O)OC[C@H]3O[C@@H](n4ccc(=O)[nH]c4=O)C(O)C3O)C(O)C2O)c(=O)[nH]1. The van der Waals surface area contributed by atoms with Gasteiger partial charge in [0.2, 0.25) is 0 Å². The average Bonchev–Trinajstić information content (AvgIpc) is 3.38. The number of ether oxygens (including phenoxy) is 2. The van der Waals surface area contributed by atoms with Crippen LogP contribution in [0, 0.1) is 0 Å². The number of nitrogens with one attached hydrogen (secondary N) is 2. The first-order valence-corrected chi connectivity index (χ1v) is 18.9. The third kappa shape index (κ3) is 9.93. The van der Waals surface area contributed by atoms with E-state index in [0.717, 1.165) is 24.5 Å². The van der Waals surface area contributed by atoms with Gasteiger partial charge in [0, 0.05) is 24.5 Å². The van der Waals surface area contributed by atoms with Crippen molar-refractivity contribution in [1.82, 2.24) is 19.1 Å². The number of phosphoric ester groups is 2. The van der Waals surface area contributed by atoms with E-state index in [4.69, 9.17) is 9.47 Å². The van der Waals surface area contributed by atoms with Gasteiger partial charge in [-0.2, -0.15) is 12.9 Å². The third-order valence-corrected chi connectivity index (χ3v) is 12.3. The lowest BCUT2D eigenvalue weighted by atomic mass is 10.1. The molecule has 2 fully saturated rings. The molecule has 2 aliphatic heterocycles. The molecule has 10 N–H and O–H groups in total. The van der Waals surface area contributed by atoms with Gasteiger partial charge < -0.3 is 49.5 Å². The number of H-pyrrole nitrogens is 2. The summed E-state index contributed by atoms with van der Waals surface area (Å²) in [7, 11) is -24.1. The summed E-state index contributed by atoms with van der Waals surface area (Å²) in [6.45, 7) is -2.43.